The van der Waals surface area contributed by atoms with Crippen LogP contribution < -0.4 is 5.73 Å². The fraction of sp³-hybridized carbons (Fsp3) is 0.353. The molecule has 0 spiro atoms. The molecule has 2 nitrogen and oxygen atoms in total. The van der Waals surface area contributed by atoms with Gasteiger partial charge < -0.3 is 5.73 Å². The monoisotopic (exact) mass is 287 g/mol. The summed E-state index contributed by atoms with van der Waals surface area (Å²) in [7, 11) is 0. The molecule has 0 atom stereocenters. The summed E-state index contributed by atoms with van der Waals surface area (Å²) in [6.07, 6.45) is 0. The van der Waals surface area contributed by atoms with E-state index in [0.717, 1.165) is 16.0 Å². The van der Waals surface area contributed by atoms with Crippen LogP contribution in [0.3, 0.4) is 0 Å². The molecule has 0 bridgehead atoms. The molecule has 0 aliphatic heterocycles. The molecule has 0 aliphatic carbocycles. The van der Waals surface area contributed by atoms with Crippen molar-refractivity contribution in [3.05, 3.63) is 50.7 Å². The van der Waals surface area contributed by atoms with Crippen LogP contribution in [0.25, 0.3) is 0 Å². The van der Waals surface area contributed by atoms with Crippen molar-refractivity contribution < 1.29 is 4.79 Å². The Labute approximate surface area is 124 Å². The van der Waals surface area contributed by atoms with Crippen molar-refractivity contribution in [2.45, 2.75) is 40.0 Å². The van der Waals surface area contributed by atoms with Crippen LogP contribution >= 0.6 is 11.3 Å². The summed E-state index contributed by atoms with van der Waals surface area (Å²) in [5.41, 5.74) is 9.38. The van der Waals surface area contributed by atoms with E-state index in [1.807, 2.05) is 32.0 Å². The lowest BCUT2D eigenvalue weighted by Crippen LogP contribution is -2.08. The maximum Gasteiger partial charge on any atom is 0.203 e. The molecular weight excluding hydrogens is 266 g/mol. The predicted molar refractivity (Wildman–Crippen MR) is 86.8 cm³/mol. The highest BCUT2D eigenvalue weighted by Gasteiger charge is 2.20. The maximum absolute atomic E-state index is 12.6. The van der Waals surface area contributed by atoms with Gasteiger partial charge in [-0.1, -0.05) is 26.8 Å². The van der Waals surface area contributed by atoms with Gasteiger partial charge in [0.05, 0.1) is 4.88 Å². The third-order valence-corrected chi connectivity index (χ3v) is 4.94. The van der Waals surface area contributed by atoms with Crippen molar-refractivity contribution >= 4 is 22.8 Å². The summed E-state index contributed by atoms with van der Waals surface area (Å²) < 4.78 is 0. The molecule has 20 heavy (non-hydrogen) atoms. The number of hydrogen-bond acceptors (Lipinski definition) is 3. The van der Waals surface area contributed by atoms with Crippen LogP contribution in [-0.2, 0) is 5.41 Å². The highest BCUT2D eigenvalue weighted by Crippen LogP contribution is 2.31. The average molecular weight is 287 g/mol. The van der Waals surface area contributed by atoms with Gasteiger partial charge in [0.15, 0.2) is 0 Å². The third-order valence-electron chi connectivity index (χ3n) is 3.43. The lowest BCUT2D eigenvalue weighted by atomic mass is 9.95. The van der Waals surface area contributed by atoms with Crippen molar-refractivity contribution in [2.24, 2.45) is 0 Å². The fourth-order valence-electron chi connectivity index (χ4n) is 2.11. The van der Waals surface area contributed by atoms with E-state index >= 15 is 0 Å². The van der Waals surface area contributed by atoms with Gasteiger partial charge >= 0.3 is 0 Å². The second-order valence-electron chi connectivity index (χ2n) is 6.27. The van der Waals surface area contributed by atoms with Crippen molar-refractivity contribution in [1.82, 2.24) is 0 Å². The minimum atomic E-state index is 0.0645. The molecule has 0 amide bonds. The number of carbonyl (C=O) groups excluding carboxylic acids is 1. The first-order chi connectivity index (χ1) is 9.20. The number of aryl methyl sites for hydroxylation is 2. The SMILES string of the molecule is Cc1cc(C)c(C(=O)c2ccc(C(C)(C)C)s2)cc1N. The Hall–Kier alpha value is -1.61. The van der Waals surface area contributed by atoms with Crippen molar-refractivity contribution in [2.75, 3.05) is 5.73 Å². The van der Waals surface area contributed by atoms with Crippen molar-refractivity contribution in [1.29, 1.82) is 0 Å². The van der Waals surface area contributed by atoms with Crippen LogP contribution in [0, 0.1) is 13.8 Å². The van der Waals surface area contributed by atoms with E-state index in [1.54, 1.807) is 17.4 Å². The first kappa shape index (κ1) is 14.8. The molecule has 2 aromatic rings. The van der Waals surface area contributed by atoms with Gasteiger partial charge in [-0.2, -0.15) is 0 Å². The summed E-state index contributed by atoms with van der Waals surface area (Å²) in [5, 5.41) is 0. The highest BCUT2D eigenvalue weighted by atomic mass is 32.1. The average Bonchev–Trinajstić information content (AvgIpc) is 2.82. The minimum Gasteiger partial charge on any atom is -0.398 e. The Bertz CT molecular complexity index is 662. The van der Waals surface area contributed by atoms with Gasteiger partial charge in [0.1, 0.15) is 0 Å². The van der Waals surface area contributed by atoms with E-state index in [1.165, 1.54) is 4.88 Å². The van der Waals surface area contributed by atoms with E-state index in [9.17, 15) is 4.79 Å². The number of thiophene rings is 1. The number of carbonyl (C=O) groups is 1. The van der Waals surface area contributed by atoms with Crippen LogP contribution in [0.1, 0.15) is 52.0 Å². The molecule has 106 valence electrons. The maximum atomic E-state index is 12.6. The normalized spacial score (nSPS) is 11.7. The second-order valence-corrected chi connectivity index (χ2v) is 7.35. The number of nitrogen functional groups attached to an aromatic ring is 1. The molecule has 0 aliphatic rings. The smallest absolute Gasteiger partial charge is 0.203 e. The van der Waals surface area contributed by atoms with Crippen molar-refractivity contribution in [3.8, 4) is 0 Å². The zero-order valence-corrected chi connectivity index (χ0v) is 13.5. The summed E-state index contributed by atoms with van der Waals surface area (Å²) in [6.45, 7) is 10.4. The molecule has 0 unspecified atom stereocenters. The molecule has 2 rings (SSSR count). The van der Waals surface area contributed by atoms with Crippen LogP contribution in [0.4, 0.5) is 5.69 Å². The van der Waals surface area contributed by atoms with Gasteiger partial charge in [-0.15, -0.1) is 11.3 Å². The van der Waals surface area contributed by atoms with E-state index in [0.29, 0.717) is 11.3 Å². The zero-order valence-electron chi connectivity index (χ0n) is 12.7. The summed E-state index contributed by atoms with van der Waals surface area (Å²) >= 11 is 1.57. The van der Waals surface area contributed by atoms with Crippen LogP contribution in [0.2, 0.25) is 0 Å². The first-order valence-corrected chi connectivity index (χ1v) is 7.53. The molecule has 2 N–H and O–H groups in total. The Morgan fingerprint density at radius 3 is 2.30 bits per heavy atom. The Morgan fingerprint density at radius 2 is 1.75 bits per heavy atom. The van der Waals surface area contributed by atoms with Crippen LogP contribution in [0.15, 0.2) is 24.3 Å². The predicted octanol–water partition coefficient (Wildman–Crippen LogP) is 4.48. The number of nitrogens with two attached hydrogens (primary N) is 1. The molecule has 1 heterocycles. The molecule has 1 aromatic carbocycles. The van der Waals surface area contributed by atoms with Crippen LogP contribution in [-0.4, -0.2) is 5.78 Å². The summed E-state index contributed by atoms with van der Waals surface area (Å²) in [5.74, 6) is 0.0645. The van der Waals surface area contributed by atoms with Gasteiger partial charge in [-0.05, 0) is 48.6 Å². The number of benzene rings is 1. The van der Waals surface area contributed by atoms with Gasteiger partial charge in [-0.3, -0.25) is 4.79 Å². The van der Waals surface area contributed by atoms with Gasteiger partial charge in [0.2, 0.25) is 5.78 Å². The van der Waals surface area contributed by atoms with E-state index in [-0.39, 0.29) is 11.2 Å². The zero-order chi connectivity index (χ0) is 15.1. The van der Waals surface area contributed by atoms with Crippen LogP contribution in [0.5, 0.6) is 0 Å². The van der Waals surface area contributed by atoms with Gasteiger partial charge in [0, 0.05) is 16.1 Å². The Kier molecular flexibility index (Phi) is 3.74. The first-order valence-electron chi connectivity index (χ1n) is 6.72. The highest BCUT2D eigenvalue weighted by molar-refractivity contribution is 7.14. The molecule has 0 saturated heterocycles. The second kappa shape index (κ2) is 5.06. The third kappa shape index (κ3) is 2.78. The number of hydrogen-bond donors (Lipinski definition) is 1. The largest absolute Gasteiger partial charge is 0.398 e. The lowest BCUT2D eigenvalue weighted by Gasteiger charge is -2.15. The van der Waals surface area contributed by atoms with Gasteiger partial charge in [-0.25, -0.2) is 0 Å². The molecule has 3 heteroatoms. The minimum absolute atomic E-state index is 0.0645. The molecule has 0 fully saturated rings. The van der Waals surface area contributed by atoms with E-state index in [4.69, 9.17) is 5.73 Å². The van der Waals surface area contributed by atoms with Gasteiger partial charge in [0.25, 0.3) is 0 Å². The lowest BCUT2D eigenvalue weighted by molar-refractivity contribution is 0.104. The Balaban J connectivity index is 2.42. The Morgan fingerprint density at radius 1 is 1.10 bits per heavy atom. The van der Waals surface area contributed by atoms with E-state index < -0.39 is 0 Å². The molecule has 0 radical (unpaired) electrons. The molecule has 1 aromatic heterocycles. The summed E-state index contributed by atoms with van der Waals surface area (Å²) in [6, 6.07) is 7.73. The number of ketones is 1. The fourth-order valence-corrected chi connectivity index (χ4v) is 3.13. The number of anilines is 1. The number of rotatable bonds is 2. The van der Waals surface area contributed by atoms with E-state index in [2.05, 4.69) is 20.8 Å². The standard InChI is InChI=1S/C17H21NOS/c1-10-8-11(2)13(18)9-12(10)16(19)14-6-7-15(20-14)17(3,4)5/h6-9H,18H2,1-5H3. The summed E-state index contributed by atoms with van der Waals surface area (Å²) in [4.78, 5) is 14.6. The topological polar surface area (TPSA) is 43.1 Å². The van der Waals surface area contributed by atoms with Crippen molar-refractivity contribution in [3.63, 3.8) is 0 Å². The quantitative estimate of drug-likeness (QED) is 0.654. The molecule has 0 saturated carbocycles. The molecular formula is C17H21NOS.